The fourth-order valence-corrected chi connectivity index (χ4v) is 1.97. The fraction of sp³-hybridized carbons (Fsp3) is 0.471. The van der Waals surface area contributed by atoms with E-state index in [4.69, 9.17) is 4.74 Å². The minimum atomic E-state index is -1.16. The van der Waals surface area contributed by atoms with Gasteiger partial charge in [-0.25, -0.2) is 13.6 Å². The zero-order valence-corrected chi connectivity index (χ0v) is 14.5. The summed E-state index contributed by atoms with van der Waals surface area (Å²) in [4.78, 5) is 35.6. The van der Waals surface area contributed by atoms with Crippen LogP contribution in [0.3, 0.4) is 0 Å². The number of methoxy groups -OCH3 is 1. The summed E-state index contributed by atoms with van der Waals surface area (Å²) in [5.74, 6) is -4.04. The number of hydrogen-bond donors (Lipinski definition) is 1. The van der Waals surface area contributed by atoms with Crippen LogP contribution in [0.25, 0.3) is 0 Å². The summed E-state index contributed by atoms with van der Waals surface area (Å²) >= 11 is 0. The molecule has 0 saturated heterocycles. The first kappa shape index (κ1) is 20.5. The molecule has 138 valence electrons. The number of nitrogens with one attached hydrogen (secondary N) is 1. The Hall–Kier alpha value is -2.51. The highest BCUT2D eigenvalue weighted by Crippen LogP contribution is 2.12. The molecule has 0 aromatic heterocycles. The summed E-state index contributed by atoms with van der Waals surface area (Å²) in [6, 6.07) is 1.13. The minimum Gasteiger partial charge on any atom is -0.467 e. The number of esters is 2. The quantitative estimate of drug-likeness (QED) is 0.791. The van der Waals surface area contributed by atoms with Gasteiger partial charge in [0.25, 0.3) is 5.91 Å². The summed E-state index contributed by atoms with van der Waals surface area (Å²) < 4.78 is 36.1. The van der Waals surface area contributed by atoms with Crippen LogP contribution in [0.5, 0.6) is 0 Å². The summed E-state index contributed by atoms with van der Waals surface area (Å²) in [6.45, 7) is 5.09. The molecule has 0 spiro atoms. The SMILES string of the molecule is COC(=O)[C@H](CCC(=O)OC(C)(C)C)NC(=O)c1cc(F)cc(F)c1. The molecular formula is C17H21F2NO5. The summed E-state index contributed by atoms with van der Waals surface area (Å²) in [5, 5.41) is 2.30. The second-order valence-electron chi connectivity index (χ2n) is 6.33. The lowest BCUT2D eigenvalue weighted by Gasteiger charge is -2.21. The van der Waals surface area contributed by atoms with Crippen molar-refractivity contribution in [1.82, 2.24) is 5.32 Å². The van der Waals surface area contributed by atoms with Gasteiger partial charge < -0.3 is 14.8 Å². The van der Waals surface area contributed by atoms with Crippen LogP contribution < -0.4 is 5.32 Å². The molecule has 8 heteroatoms. The maximum Gasteiger partial charge on any atom is 0.328 e. The van der Waals surface area contributed by atoms with Crippen molar-refractivity contribution in [2.75, 3.05) is 7.11 Å². The third-order valence-electron chi connectivity index (χ3n) is 2.97. The summed E-state index contributed by atoms with van der Waals surface area (Å²) in [6.07, 6.45) is -0.222. The van der Waals surface area contributed by atoms with Crippen molar-refractivity contribution in [3.63, 3.8) is 0 Å². The van der Waals surface area contributed by atoms with E-state index in [1.165, 1.54) is 0 Å². The van der Waals surface area contributed by atoms with Crippen LogP contribution in [-0.4, -0.2) is 36.6 Å². The van der Waals surface area contributed by atoms with Crippen LogP contribution in [0, 0.1) is 11.6 Å². The first-order chi connectivity index (χ1) is 11.5. The number of rotatable bonds is 6. The number of amides is 1. The molecule has 0 heterocycles. The average Bonchev–Trinajstić information content (AvgIpc) is 2.47. The number of halogens is 2. The normalized spacial score (nSPS) is 12.2. The Balaban J connectivity index is 2.77. The zero-order chi connectivity index (χ0) is 19.2. The maximum atomic E-state index is 13.2. The third kappa shape index (κ3) is 7.28. The number of benzene rings is 1. The van der Waals surface area contributed by atoms with Gasteiger partial charge in [-0.1, -0.05) is 0 Å². The van der Waals surface area contributed by atoms with E-state index in [1.807, 2.05) is 0 Å². The molecule has 0 aliphatic rings. The molecule has 1 rings (SSSR count). The van der Waals surface area contributed by atoms with Gasteiger partial charge in [-0.2, -0.15) is 0 Å². The Labute approximate surface area is 144 Å². The molecule has 0 aliphatic heterocycles. The highest BCUT2D eigenvalue weighted by molar-refractivity contribution is 5.96. The molecule has 1 aromatic rings. The second-order valence-corrected chi connectivity index (χ2v) is 6.33. The molecule has 0 saturated carbocycles. The van der Waals surface area contributed by atoms with Crippen molar-refractivity contribution in [3.8, 4) is 0 Å². The Morgan fingerprint density at radius 3 is 2.16 bits per heavy atom. The maximum absolute atomic E-state index is 13.2. The lowest BCUT2D eigenvalue weighted by molar-refractivity contribution is -0.155. The van der Waals surface area contributed by atoms with E-state index in [2.05, 4.69) is 10.1 Å². The van der Waals surface area contributed by atoms with Crippen molar-refractivity contribution in [2.45, 2.75) is 45.3 Å². The van der Waals surface area contributed by atoms with E-state index in [0.29, 0.717) is 6.07 Å². The van der Waals surface area contributed by atoms with E-state index in [9.17, 15) is 23.2 Å². The standard InChI is InChI=1S/C17H21F2NO5/c1-17(2,3)25-14(21)6-5-13(16(23)24-4)20-15(22)10-7-11(18)9-12(19)8-10/h7-9,13H,5-6H2,1-4H3,(H,20,22)/t13-/m0/s1. The third-order valence-corrected chi connectivity index (χ3v) is 2.97. The van der Waals surface area contributed by atoms with Gasteiger partial charge in [-0.3, -0.25) is 9.59 Å². The molecule has 25 heavy (non-hydrogen) atoms. The predicted octanol–water partition coefficient (Wildman–Crippen LogP) is 2.36. The first-order valence-corrected chi connectivity index (χ1v) is 7.58. The van der Waals surface area contributed by atoms with Gasteiger partial charge in [0, 0.05) is 18.1 Å². The highest BCUT2D eigenvalue weighted by atomic mass is 19.1. The van der Waals surface area contributed by atoms with Gasteiger partial charge >= 0.3 is 11.9 Å². The molecule has 1 atom stereocenters. The van der Waals surface area contributed by atoms with Gasteiger partial charge in [0.1, 0.15) is 23.3 Å². The predicted molar refractivity (Wildman–Crippen MR) is 84.7 cm³/mol. The topological polar surface area (TPSA) is 81.7 Å². The van der Waals surface area contributed by atoms with Gasteiger partial charge in [0.2, 0.25) is 0 Å². The van der Waals surface area contributed by atoms with Gasteiger partial charge in [0.05, 0.1) is 7.11 Å². The monoisotopic (exact) mass is 357 g/mol. The molecule has 0 fully saturated rings. The van der Waals surface area contributed by atoms with Crippen LogP contribution in [-0.2, 0) is 19.1 Å². The molecule has 1 aromatic carbocycles. The molecule has 0 aliphatic carbocycles. The van der Waals surface area contributed by atoms with Crippen molar-refractivity contribution in [2.24, 2.45) is 0 Å². The van der Waals surface area contributed by atoms with Crippen LogP contribution in [0.4, 0.5) is 8.78 Å². The van der Waals surface area contributed by atoms with E-state index in [1.54, 1.807) is 20.8 Å². The van der Waals surface area contributed by atoms with Gasteiger partial charge in [-0.05, 0) is 39.3 Å². The van der Waals surface area contributed by atoms with E-state index >= 15 is 0 Å². The van der Waals surface area contributed by atoms with Crippen LogP contribution in [0.1, 0.15) is 44.0 Å². The van der Waals surface area contributed by atoms with Gasteiger partial charge in [-0.15, -0.1) is 0 Å². The Kier molecular flexibility index (Phi) is 7.02. The molecule has 1 N–H and O–H groups in total. The van der Waals surface area contributed by atoms with Gasteiger partial charge in [0.15, 0.2) is 0 Å². The zero-order valence-electron chi connectivity index (χ0n) is 14.5. The van der Waals surface area contributed by atoms with Crippen molar-refractivity contribution in [1.29, 1.82) is 0 Å². The van der Waals surface area contributed by atoms with Crippen LogP contribution in [0.2, 0.25) is 0 Å². The van der Waals surface area contributed by atoms with Crippen LogP contribution in [0.15, 0.2) is 18.2 Å². The highest BCUT2D eigenvalue weighted by Gasteiger charge is 2.25. The Bertz CT molecular complexity index is 635. The molecule has 0 bridgehead atoms. The van der Waals surface area contributed by atoms with E-state index < -0.39 is 41.1 Å². The van der Waals surface area contributed by atoms with E-state index in [0.717, 1.165) is 19.2 Å². The van der Waals surface area contributed by atoms with Crippen molar-refractivity contribution >= 4 is 17.8 Å². The summed E-state index contributed by atoms with van der Waals surface area (Å²) in [5.41, 5.74) is -0.969. The lowest BCUT2D eigenvalue weighted by atomic mass is 10.1. The molecular weight excluding hydrogens is 336 g/mol. The number of hydrogen-bond acceptors (Lipinski definition) is 5. The molecule has 0 radical (unpaired) electrons. The van der Waals surface area contributed by atoms with Crippen molar-refractivity contribution < 1.29 is 32.6 Å². The Morgan fingerprint density at radius 2 is 1.68 bits per heavy atom. The Morgan fingerprint density at radius 1 is 1.12 bits per heavy atom. The minimum absolute atomic E-state index is 0.0782. The van der Waals surface area contributed by atoms with E-state index in [-0.39, 0.29) is 18.4 Å². The summed E-state index contributed by atoms with van der Waals surface area (Å²) in [7, 11) is 1.12. The molecule has 1 amide bonds. The van der Waals surface area contributed by atoms with Crippen LogP contribution >= 0.6 is 0 Å². The largest absolute Gasteiger partial charge is 0.467 e. The fourth-order valence-electron chi connectivity index (χ4n) is 1.97. The number of carbonyl (C=O) groups is 3. The number of ether oxygens (including phenoxy) is 2. The smallest absolute Gasteiger partial charge is 0.328 e. The molecule has 6 nitrogen and oxygen atoms in total. The second kappa shape index (κ2) is 8.55. The number of carbonyl (C=O) groups excluding carboxylic acids is 3. The average molecular weight is 357 g/mol. The first-order valence-electron chi connectivity index (χ1n) is 7.58. The lowest BCUT2D eigenvalue weighted by Crippen LogP contribution is -2.42. The van der Waals surface area contributed by atoms with Crippen molar-refractivity contribution in [3.05, 3.63) is 35.4 Å². The molecule has 0 unspecified atom stereocenters.